The van der Waals surface area contributed by atoms with Gasteiger partial charge in [-0.1, -0.05) is 28.9 Å². The summed E-state index contributed by atoms with van der Waals surface area (Å²) < 4.78 is 1.08. The summed E-state index contributed by atoms with van der Waals surface area (Å²) in [5.41, 5.74) is 0. The van der Waals surface area contributed by atoms with Crippen LogP contribution in [0.4, 0.5) is 0 Å². The Labute approximate surface area is 97.4 Å². The van der Waals surface area contributed by atoms with Crippen molar-refractivity contribution in [2.24, 2.45) is 0 Å². The van der Waals surface area contributed by atoms with Gasteiger partial charge in [-0.05, 0) is 25.1 Å². The monoisotopic (exact) mass is 272 g/mol. The molecule has 0 aliphatic rings. The van der Waals surface area contributed by atoms with E-state index in [4.69, 9.17) is 0 Å². The number of ketones is 1. The zero-order valence-corrected chi connectivity index (χ0v) is 10.7. The quantitative estimate of drug-likeness (QED) is 0.774. The molecule has 1 aromatic carbocycles. The molecule has 0 aliphatic carbocycles. The van der Waals surface area contributed by atoms with Gasteiger partial charge in [-0.2, -0.15) is 0 Å². The maximum absolute atomic E-state index is 10.9. The van der Waals surface area contributed by atoms with Crippen LogP contribution in [0.25, 0.3) is 0 Å². The minimum atomic E-state index is 0.250. The molecule has 14 heavy (non-hydrogen) atoms. The number of benzene rings is 1. The van der Waals surface area contributed by atoms with Crippen molar-refractivity contribution in [3.05, 3.63) is 28.7 Å². The highest BCUT2D eigenvalue weighted by Crippen LogP contribution is 2.27. The van der Waals surface area contributed by atoms with Crippen LogP contribution in [0.3, 0.4) is 0 Å². The number of carbonyl (C=O) groups excluding carboxylic acids is 1. The topological polar surface area (TPSA) is 17.1 Å². The lowest BCUT2D eigenvalue weighted by atomic mass is 10.2. The van der Waals surface area contributed by atoms with Crippen molar-refractivity contribution in [2.75, 3.05) is 0 Å². The third-order valence-corrected chi connectivity index (χ3v) is 3.30. The van der Waals surface area contributed by atoms with E-state index in [0.717, 1.165) is 4.47 Å². The second kappa shape index (κ2) is 5.56. The first-order valence-electron chi connectivity index (χ1n) is 4.49. The number of hydrogen-bond acceptors (Lipinski definition) is 2. The molecule has 0 spiro atoms. The first-order chi connectivity index (χ1) is 6.58. The van der Waals surface area contributed by atoms with Gasteiger partial charge in [0, 0.05) is 21.0 Å². The largest absolute Gasteiger partial charge is 0.300 e. The molecule has 1 atom stereocenters. The lowest BCUT2D eigenvalue weighted by Gasteiger charge is -2.08. The normalized spacial score (nSPS) is 12.5. The Bertz CT molecular complexity index is 325. The van der Waals surface area contributed by atoms with Crippen molar-refractivity contribution < 1.29 is 4.79 Å². The second-order valence-electron chi connectivity index (χ2n) is 3.29. The molecule has 0 bridgehead atoms. The van der Waals surface area contributed by atoms with Crippen LogP contribution in [-0.2, 0) is 4.79 Å². The molecule has 0 N–H and O–H groups in total. The zero-order valence-electron chi connectivity index (χ0n) is 8.29. The van der Waals surface area contributed by atoms with E-state index < -0.39 is 0 Å². The van der Waals surface area contributed by atoms with Crippen molar-refractivity contribution >= 4 is 33.5 Å². The third-order valence-electron chi connectivity index (χ3n) is 1.71. The van der Waals surface area contributed by atoms with Gasteiger partial charge in [-0.15, -0.1) is 11.8 Å². The summed E-state index contributed by atoms with van der Waals surface area (Å²) in [6.07, 6.45) is 0.636. The van der Waals surface area contributed by atoms with Crippen molar-refractivity contribution in [3.8, 4) is 0 Å². The Morgan fingerprint density at radius 2 is 2.29 bits per heavy atom. The molecule has 3 heteroatoms. The van der Waals surface area contributed by atoms with Gasteiger partial charge in [0.05, 0.1) is 0 Å². The molecule has 0 fully saturated rings. The predicted molar refractivity (Wildman–Crippen MR) is 64.8 cm³/mol. The smallest absolute Gasteiger partial charge is 0.130 e. The summed E-state index contributed by atoms with van der Waals surface area (Å²) in [7, 11) is 0. The molecule has 0 saturated carbocycles. The Balaban J connectivity index is 2.55. The highest BCUT2D eigenvalue weighted by atomic mass is 79.9. The summed E-state index contributed by atoms with van der Waals surface area (Å²) in [5.74, 6) is 0.250. The lowest BCUT2D eigenvalue weighted by Crippen LogP contribution is -2.02. The van der Waals surface area contributed by atoms with E-state index in [1.54, 1.807) is 18.7 Å². The summed E-state index contributed by atoms with van der Waals surface area (Å²) in [4.78, 5) is 12.1. The summed E-state index contributed by atoms with van der Waals surface area (Å²) in [6.45, 7) is 3.71. The van der Waals surface area contributed by atoms with Crippen LogP contribution in [0.2, 0.25) is 0 Å². The summed E-state index contributed by atoms with van der Waals surface area (Å²) in [5, 5.41) is 0.349. The molecule has 0 saturated heterocycles. The van der Waals surface area contributed by atoms with E-state index in [0.29, 0.717) is 11.7 Å². The first kappa shape index (κ1) is 11.8. The SMILES string of the molecule is CC(=O)CC(C)Sc1cccc(Br)c1. The van der Waals surface area contributed by atoms with Crippen LogP contribution in [0.5, 0.6) is 0 Å². The Kier molecular flexibility index (Phi) is 4.69. The van der Waals surface area contributed by atoms with E-state index >= 15 is 0 Å². The van der Waals surface area contributed by atoms with Gasteiger partial charge in [-0.3, -0.25) is 4.79 Å². The molecule has 1 unspecified atom stereocenters. The van der Waals surface area contributed by atoms with Crippen molar-refractivity contribution in [3.63, 3.8) is 0 Å². The highest BCUT2D eigenvalue weighted by molar-refractivity contribution is 9.10. The van der Waals surface area contributed by atoms with E-state index in [9.17, 15) is 4.79 Å². The van der Waals surface area contributed by atoms with Gasteiger partial charge in [-0.25, -0.2) is 0 Å². The van der Waals surface area contributed by atoms with Gasteiger partial charge in [0.2, 0.25) is 0 Å². The molecule has 0 amide bonds. The molecular formula is C11H13BrOS. The third kappa shape index (κ3) is 4.29. The molecule has 76 valence electrons. The minimum absolute atomic E-state index is 0.250. The molecule has 0 aromatic heterocycles. The molecule has 1 nitrogen and oxygen atoms in total. The van der Waals surface area contributed by atoms with Crippen LogP contribution >= 0.6 is 27.7 Å². The Hall–Kier alpha value is -0.280. The van der Waals surface area contributed by atoms with Crippen molar-refractivity contribution in [2.45, 2.75) is 30.4 Å². The number of rotatable bonds is 4. The number of carbonyl (C=O) groups is 1. The van der Waals surface area contributed by atoms with Gasteiger partial charge < -0.3 is 0 Å². The first-order valence-corrected chi connectivity index (χ1v) is 6.17. The Morgan fingerprint density at radius 1 is 1.57 bits per heavy atom. The van der Waals surface area contributed by atoms with Crippen LogP contribution in [0.1, 0.15) is 20.3 Å². The minimum Gasteiger partial charge on any atom is -0.300 e. The molecule has 0 radical (unpaired) electrons. The standard InChI is InChI=1S/C11H13BrOS/c1-8(13)6-9(2)14-11-5-3-4-10(12)7-11/h3-5,7,9H,6H2,1-2H3. The fourth-order valence-corrected chi connectivity index (χ4v) is 2.90. The predicted octanol–water partition coefficient (Wildman–Crippen LogP) is 3.91. The van der Waals surface area contributed by atoms with E-state index in [-0.39, 0.29) is 5.78 Å². The molecule has 1 aromatic rings. The van der Waals surface area contributed by atoms with Crippen molar-refractivity contribution in [1.82, 2.24) is 0 Å². The van der Waals surface area contributed by atoms with E-state index in [2.05, 4.69) is 35.0 Å². The number of hydrogen-bond donors (Lipinski definition) is 0. The Morgan fingerprint density at radius 3 is 2.86 bits per heavy atom. The van der Waals surface area contributed by atoms with Gasteiger partial charge in [0.1, 0.15) is 5.78 Å². The van der Waals surface area contributed by atoms with Gasteiger partial charge >= 0.3 is 0 Å². The van der Waals surface area contributed by atoms with Gasteiger partial charge in [0.15, 0.2) is 0 Å². The lowest BCUT2D eigenvalue weighted by molar-refractivity contribution is -0.116. The van der Waals surface area contributed by atoms with Crippen molar-refractivity contribution in [1.29, 1.82) is 0 Å². The van der Waals surface area contributed by atoms with E-state index in [1.165, 1.54) is 4.90 Å². The molecule has 1 rings (SSSR count). The van der Waals surface area contributed by atoms with Crippen LogP contribution in [-0.4, -0.2) is 11.0 Å². The fraction of sp³-hybridized carbons (Fsp3) is 0.364. The van der Waals surface area contributed by atoms with Crippen LogP contribution in [0, 0.1) is 0 Å². The number of thioether (sulfide) groups is 1. The van der Waals surface area contributed by atoms with Crippen LogP contribution in [0.15, 0.2) is 33.6 Å². The summed E-state index contributed by atoms with van der Waals surface area (Å²) >= 11 is 5.16. The molecular weight excluding hydrogens is 260 g/mol. The fourth-order valence-electron chi connectivity index (χ4n) is 1.22. The second-order valence-corrected chi connectivity index (χ2v) is 5.72. The maximum atomic E-state index is 10.9. The number of halogens is 1. The molecule has 0 heterocycles. The number of Topliss-reactive ketones (excluding diaryl/α,β-unsaturated/α-hetero) is 1. The molecule has 0 aliphatic heterocycles. The maximum Gasteiger partial charge on any atom is 0.130 e. The average molecular weight is 273 g/mol. The van der Waals surface area contributed by atoms with Gasteiger partial charge in [0.25, 0.3) is 0 Å². The summed E-state index contributed by atoms with van der Waals surface area (Å²) in [6, 6.07) is 8.14. The average Bonchev–Trinajstić information content (AvgIpc) is 2.01. The van der Waals surface area contributed by atoms with E-state index in [1.807, 2.05) is 12.1 Å². The highest BCUT2D eigenvalue weighted by Gasteiger charge is 2.06. The van der Waals surface area contributed by atoms with Crippen LogP contribution < -0.4 is 0 Å². The zero-order chi connectivity index (χ0) is 10.6.